The first-order valence-corrected chi connectivity index (χ1v) is 8.51. The average molecular weight is 327 g/mol. The monoisotopic (exact) mass is 326 g/mol. The third kappa shape index (κ3) is 3.62. The lowest BCUT2D eigenvalue weighted by Gasteiger charge is -2.43. The molecular weight excluding hydrogens is 300 g/mol. The maximum absolute atomic E-state index is 4.56. The van der Waals surface area contributed by atoms with Crippen LogP contribution in [0.1, 0.15) is 52.1 Å². The molecular formula is C16H27BrN2. The fourth-order valence-electron chi connectivity index (χ4n) is 3.40. The lowest BCUT2D eigenvalue weighted by molar-refractivity contribution is 0.103. The fraction of sp³-hybridized carbons (Fsp3) is 0.812. The average Bonchev–Trinajstić information content (AvgIpc) is 2.74. The van der Waals surface area contributed by atoms with E-state index in [1.165, 1.54) is 31.4 Å². The number of halogens is 1. The molecule has 2 nitrogen and oxygen atoms in total. The lowest BCUT2D eigenvalue weighted by Crippen LogP contribution is -2.35. The van der Waals surface area contributed by atoms with Crippen molar-refractivity contribution in [1.82, 2.24) is 9.78 Å². The van der Waals surface area contributed by atoms with Crippen LogP contribution >= 0.6 is 15.9 Å². The van der Waals surface area contributed by atoms with Crippen LogP contribution in [0, 0.1) is 16.7 Å². The summed E-state index contributed by atoms with van der Waals surface area (Å²) < 4.78 is 1.91. The molecule has 0 radical (unpaired) electrons. The van der Waals surface area contributed by atoms with Gasteiger partial charge in [0.1, 0.15) is 0 Å². The van der Waals surface area contributed by atoms with Crippen LogP contribution in [0.4, 0.5) is 0 Å². The number of alkyl halides is 1. The summed E-state index contributed by atoms with van der Waals surface area (Å²) >= 11 is 3.77. The van der Waals surface area contributed by atoms with Crippen LogP contribution in [0.3, 0.4) is 0 Å². The van der Waals surface area contributed by atoms with Gasteiger partial charge in [0.15, 0.2) is 0 Å². The Bertz CT molecular complexity index is 409. The first-order valence-electron chi connectivity index (χ1n) is 7.39. The van der Waals surface area contributed by atoms with Crippen molar-refractivity contribution in [3.05, 3.63) is 18.0 Å². The van der Waals surface area contributed by atoms with Gasteiger partial charge in [-0.25, -0.2) is 0 Å². The zero-order valence-corrected chi connectivity index (χ0v) is 14.3. The lowest BCUT2D eigenvalue weighted by atomic mass is 9.63. The topological polar surface area (TPSA) is 17.8 Å². The Morgan fingerprint density at radius 1 is 1.37 bits per heavy atom. The third-order valence-electron chi connectivity index (χ3n) is 4.88. The summed E-state index contributed by atoms with van der Waals surface area (Å²) in [5.41, 5.74) is 2.13. The van der Waals surface area contributed by atoms with Gasteiger partial charge in [0.05, 0.1) is 5.69 Å². The number of hydrogen-bond donors (Lipinski definition) is 0. The molecule has 108 valence electrons. The summed E-state index contributed by atoms with van der Waals surface area (Å²) in [7, 11) is 2.00. The highest BCUT2D eigenvalue weighted by Gasteiger charge is 2.38. The van der Waals surface area contributed by atoms with Crippen LogP contribution < -0.4 is 0 Å². The van der Waals surface area contributed by atoms with E-state index in [2.05, 4.69) is 54.1 Å². The first kappa shape index (κ1) is 15.1. The number of aryl methyl sites for hydroxylation is 1. The quantitative estimate of drug-likeness (QED) is 0.743. The Hall–Kier alpha value is -0.310. The highest BCUT2D eigenvalue weighted by atomic mass is 79.9. The molecule has 2 rings (SSSR count). The van der Waals surface area contributed by atoms with Gasteiger partial charge in [-0.05, 0) is 54.9 Å². The van der Waals surface area contributed by atoms with E-state index in [9.17, 15) is 0 Å². The van der Waals surface area contributed by atoms with Crippen molar-refractivity contribution in [2.45, 2.75) is 52.9 Å². The van der Waals surface area contributed by atoms with Crippen molar-refractivity contribution in [3.8, 4) is 0 Å². The summed E-state index contributed by atoms with van der Waals surface area (Å²) in [5.74, 6) is 0.878. The van der Waals surface area contributed by atoms with E-state index in [0.717, 1.165) is 17.7 Å². The number of rotatable bonds is 3. The van der Waals surface area contributed by atoms with E-state index in [1.807, 2.05) is 11.7 Å². The molecule has 19 heavy (non-hydrogen) atoms. The molecule has 0 aliphatic heterocycles. The summed E-state index contributed by atoms with van der Waals surface area (Å²) in [6.45, 7) is 7.16. The molecule has 1 fully saturated rings. The molecule has 0 unspecified atom stereocenters. The van der Waals surface area contributed by atoms with Gasteiger partial charge in [-0.3, -0.25) is 4.68 Å². The van der Waals surface area contributed by atoms with Gasteiger partial charge < -0.3 is 0 Å². The minimum absolute atomic E-state index is 0.427. The van der Waals surface area contributed by atoms with E-state index < -0.39 is 0 Å². The number of hydrogen-bond acceptors (Lipinski definition) is 1. The Labute approximate surface area is 126 Å². The molecule has 3 heteroatoms. The molecule has 1 aliphatic rings. The van der Waals surface area contributed by atoms with Gasteiger partial charge in [-0.15, -0.1) is 0 Å². The summed E-state index contributed by atoms with van der Waals surface area (Å²) in [6.07, 6.45) is 8.56. The molecule has 0 spiro atoms. The molecule has 0 bridgehead atoms. The molecule has 1 heterocycles. The minimum Gasteiger partial charge on any atom is -0.276 e. The van der Waals surface area contributed by atoms with Crippen molar-refractivity contribution in [3.63, 3.8) is 0 Å². The van der Waals surface area contributed by atoms with Crippen LogP contribution in [0.5, 0.6) is 0 Å². The molecule has 1 aromatic heterocycles. The van der Waals surface area contributed by atoms with Gasteiger partial charge in [-0.1, -0.05) is 36.7 Å². The zero-order chi connectivity index (χ0) is 14.1. The maximum Gasteiger partial charge on any atom is 0.0630 e. The molecule has 0 saturated heterocycles. The maximum atomic E-state index is 4.56. The van der Waals surface area contributed by atoms with Crippen LogP contribution in [-0.4, -0.2) is 15.1 Å². The standard InChI is InChI=1S/C16H27BrN2/c1-15(2,3)13-5-8-16(12-17,9-6-13)11-14-7-10-19(4)18-14/h7,10,13H,5-6,8-9,11-12H2,1-4H3. The summed E-state index contributed by atoms with van der Waals surface area (Å²) in [5, 5.41) is 5.67. The summed E-state index contributed by atoms with van der Waals surface area (Å²) in [6, 6.07) is 2.17. The SMILES string of the molecule is Cn1ccc(CC2(CBr)CCC(C(C)(C)C)CC2)n1. The van der Waals surface area contributed by atoms with E-state index in [4.69, 9.17) is 0 Å². The smallest absolute Gasteiger partial charge is 0.0630 e. The van der Waals surface area contributed by atoms with E-state index >= 15 is 0 Å². The van der Waals surface area contributed by atoms with Crippen LogP contribution in [0.2, 0.25) is 0 Å². The van der Waals surface area contributed by atoms with Crippen molar-refractivity contribution in [1.29, 1.82) is 0 Å². The fourth-order valence-corrected chi connectivity index (χ4v) is 4.15. The highest BCUT2D eigenvalue weighted by Crippen LogP contribution is 2.47. The van der Waals surface area contributed by atoms with Crippen LogP contribution in [0.15, 0.2) is 12.3 Å². The molecule has 0 amide bonds. The van der Waals surface area contributed by atoms with E-state index in [1.54, 1.807) is 0 Å². The molecule has 1 aromatic rings. The van der Waals surface area contributed by atoms with Gasteiger partial charge in [0.2, 0.25) is 0 Å². The van der Waals surface area contributed by atoms with Crippen molar-refractivity contribution < 1.29 is 0 Å². The Morgan fingerprint density at radius 2 is 2.00 bits per heavy atom. The van der Waals surface area contributed by atoms with Crippen molar-refractivity contribution in [2.75, 3.05) is 5.33 Å². The second kappa shape index (κ2) is 5.59. The van der Waals surface area contributed by atoms with Gasteiger partial charge in [-0.2, -0.15) is 5.10 Å². The molecule has 0 atom stereocenters. The van der Waals surface area contributed by atoms with Crippen LogP contribution in [-0.2, 0) is 13.5 Å². The van der Waals surface area contributed by atoms with Gasteiger partial charge >= 0.3 is 0 Å². The second-order valence-electron chi connectivity index (χ2n) is 7.43. The highest BCUT2D eigenvalue weighted by molar-refractivity contribution is 9.09. The minimum atomic E-state index is 0.427. The Kier molecular flexibility index (Phi) is 4.44. The predicted molar refractivity (Wildman–Crippen MR) is 84.6 cm³/mol. The largest absolute Gasteiger partial charge is 0.276 e. The molecule has 0 N–H and O–H groups in total. The Morgan fingerprint density at radius 3 is 2.42 bits per heavy atom. The van der Waals surface area contributed by atoms with Crippen molar-refractivity contribution in [2.24, 2.45) is 23.8 Å². The van der Waals surface area contributed by atoms with Crippen LogP contribution in [0.25, 0.3) is 0 Å². The van der Waals surface area contributed by atoms with Gasteiger partial charge in [0.25, 0.3) is 0 Å². The molecule has 0 aromatic carbocycles. The van der Waals surface area contributed by atoms with E-state index in [-0.39, 0.29) is 0 Å². The molecule has 1 aliphatic carbocycles. The third-order valence-corrected chi connectivity index (χ3v) is 6.07. The zero-order valence-electron chi connectivity index (χ0n) is 12.7. The Balaban J connectivity index is 2.02. The predicted octanol–water partition coefficient (Wildman–Crippen LogP) is 4.58. The van der Waals surface area contributed by atoms with Crippen molar-refractivity contribution >= 4 is 15.9 Å². The summed E-state index contributed by atoms with van der Waals surface area (Å²) in [4.78, 5) is 0. The second-order valence-corrected chi connectivity index (χ2v) is 7.99. The first-order chi connectivity index (χ1) is 8.85. The number of aromatic nitrogens is 2. The van der Waals surface area contributed by atoms with E-state index in [0.29, 0.717) is 10.8 Å². The van der Waals surface area contributed by atoms with Gasteiger partial charge in [0, 0.05) is 18.6 Å². The number of nitrogens with zero attached hydrogens (tertiary/aromatic N) is 2. The molecule has 1 saturated carbocycles. The normalized spacial score (nSPS) is 28.6.